The van der Waals surface area contributed by atoms with E-state index in [0.29, 0.717) is 12.8 Å². The van der Waals surface area contributed by atoms with Gasteiger partial charge in [0.1, 0.15) is 5.78 Å². The molecule has 8 heteroatoms. The fraction of sp³-hybridized carbons (Fsp3) is 0.833. The Hall–Kier alpha value is -0.488. The second-order valence-corrected chi connectivity index (χ2v) is 3.59. The van der Waals surface area contributed by atoms with Crippen LogP contribution < -0.4 is 10.2 Å². The first-order chi connectivity index (χ1) is 8.91. The van der Waals surface area contributed by atoms with Crippen molar-refractivity contribution in [1.82, 2.24) is 0 Å². The van der Waals surface area contributed by atoms with Gasteiger partial charge in [0.2, 0.25) is 0 Å². The number of carboxylic acids is 1. The predicted octanol–water partition coefficient (Wildman–Crippen LogP) is -1.56. The minimum atomic E-state index is -1.28. The first-order valence-corrected chi connectivity index (χ1v) is 5.86. The summed E-state index contributed by atoms with van der Waals surface area (Å²) < 4.78 is 14.5. The molecule has 0 unspecified atom stereocenters. The third-order valence-corrected chi connectivity index (χ3v) is 2.21. The number of hydrogen-bond donors (Lipinski definition) is 0. The Balaban J connectivity index is -0.000000277. The second-order valence-electron chi connectivity index (χ2n) is 3.59. The Morgan fingerprint density at radius 2 is 1.55 bits per heavy atom. The van der Waals surface area contributed by atoms with Crippen molar-refractivity contribution in [3.63, 3.8) is 0 Å². The molecule has 0 saturated carbocycles. The van der Waals surface area contributed by atoms with Crippen LogP contribution in [0.1, 0.15) is 32.6 Å². The molecule has 0 aliphatic carbocycles. The SMILES string of the molecule is CCCC(=O)CC(=O)[O-].COC(CC[O-])(OC)OC.[Al+2]. The molecule has 0 fully saturated rings. The van der Waals surface area contributed by atoms with Gasteiger partial charge in [0, 0.05) is 46.6 Å². The van der Waals surface area contributed by atoms with Crippen LogP contribution >= 0.6 is 0 Å². The number of carbonyl (C=O) groups excluding carboxylic acids is 2. The molecule has 0 rings (SSSR count). The van der Waals surface area contributed by atoms with Crippen molar-refractivity contribution < 1.29 is 34.0 Å². The Bertz CT molecular complexity index is 246. The summed E-state index contributed by atoms with van der Waals surface area (Å²) in [5, 5.41) is 19.9. The van der Waals surface area contributed by atoms with Crippen LogP contribution in [0.3, 0.4) is 0 Å². The van der Waals surface area contributed by atoms with Crippen LogP contribution in [0.15, 0.2) is 0 Å². The van der Waals surface area contributed by atoms with E-state index in [2.05, 4.69) is 0 Å². The molecular formula is C12H22AlO7. The zero-order chi connectivity index (χ0) is 15.3. The molecule has 0 aliphatic heterocycles. The van der Waals surface area contributed by atoms with Gasteiger partial charge in [0.05, 0.1) is 0 Å². The van der Waals surface area contributed by atoms with Crippen LogP contribution in [0.5, 0.6) is 0 Å². The summed E-state index contributed by atoms with van der Waals surface area (Å²) in [5.41, 5.74) is 0. The molecule has 0 aromatic rings. The maximum Gasteiger partial charge on any atom is 2.00 e. The third kappa shape index (κ3) is 12.5. The number of aliphatic carboxylic acids is 1. The summed E-state index contributed by atoms with van der Waals surface area (Å²) in [4.78, 5) is 20.2. The molecule has 0 bridgehead atoms. The predicted molar refractivity (Wildman–Crippen MR) is 68.5 cm³/mol. The number of rotatable bonds is 9. The topological polar surface area (TPSA) is 108 Å². The summed E-state index contributed by atoms with van der Waals surface area (Å²) in [6.45, 7) is 1.54. The van der Waals surface area contributed by atoms with E-state index < -0.39 is 18.4 Å². The molecule has 1 radical (unpaired) electrons. The van der Waals surface area contributed by atoms with Crippen molar-refractivity contribution in [2.45, 2.75) is 38.6 Å². The number of Topliss-reactive ketones (excluding diaryl/α,β-unsaturated/α-hetero) is 1. The van der Waals surface area contributed by atoms with E-state index in [1.165, 1.54) is 21.3 Å². The molecule has 0 N–H and O–H groups in total. The average molecular weight is 305 g/mol. The summed E-state index contributed by atoms with van der Waals surface area (Å²) in [6.07, 6.45) is 0.796. The van der Waals surface area contributed by atoms with Crippen molar-refractivity contribution in [3.05, 3.63) is 0 Å². The van der Waals surface area contributed by atoms with Crippen LogP contribution in [0.4, 0.5) is 0 Å². The molecule has 7 nitrogen and oxygen atoms in total. The van der Waals surface area contributed by atoms with Gasteiger partial charge in [-0.1, -0.05) is 6.92 Å². The van der Waals surface area contributed by atoms with E-state index >= 15 is 0 Å². The Kier molecular flexibility index (Phi) is 18.3. The van der Waals surface area contributed by atoms with Gasteiger partial charge < -0.3 is 29.2 Å². The van der Waals surface area contributed by atoms with Crippen LogP contribution in [0.25, 0.3) is 0 Å². The number of methoxy groups -OCH3 is 3. The molecule has 20 heavy (non-hydrogen) atoms. The van der Waals surface area contributed by atoms with Crippen molar-refractivity contribution in [1.29, 1.82) is 0 Å². The average Bonchev–Trinajstić information content (AvgIpc) is 2.36. The summed E-state index contributed by atoms with van der Waals surface area (Å²) in [6, 6.07) is 0. The molecule has 0 spiro atoms. The molecule has 0 atom stereocenters. The van der Waals surface area contributed by atoms with Crippen molar-refractivity contribution in [2.24, 2.45) is 0 Å². The van der Waals surface area contributed by atoms with Gasteiger partial charge in [-0.05, 0) is 6.42 Å². The molecule has 0 aromatic heterocycles. The van der Waals surface area contributed by atoms with Crippen LogP contribution in [0, 0.1) is 0 Å². The fourth-order valence-corrected chi connectivity index (χ4v) is 1.21. The quantitative estimate of drug-likeness (QED) is 0.288. The molecule has 0 aromatic carbocycles. The van der Waals surface area contributed by atoms with Gasteiger partial charge in [0.25, 0.3) is 5.97 Å². The van der Waals surface area contributed by atoms with Gasteiger partial charge in [-0.2, -0.15) is 0 Å². The first kappa shape index (κ1) is 24.5. The van der Waals surface area contributed by atoms with E-state index in [4.69, 9.17) is 14.2 Å². The molecule has 0 amide bonds. The van der Waals surface area contributed by atoms with Gasteiger partial charge in [0.15, 0.2) is 0 Å². The standard InChI is InChI=1S/C6H13O4.C6H10O3.Al/c1-8-6(9-2,10-3)4-5-7;1-2-3-5(7)4-6(8)9;/h4-5H2,1-3H3;2-4H2,1H3,(H,8,9);/q-1;;+2/p-1. The maximum absolute atomic E-state index is 10.4. The number of ketones is 1. The van der Waals surface area contributed by atoms with E-state index in [1.54, 1.807) is 0 Å². The van der Waals surface area contributed by atoms with Crippen molar-refractivity contribution in [2.75, 3.05) is 27.9 Å². The largest absolute Gasteiger partial charge is 2.00 e. The second kappa shape index (κ2) is 14.9. The molecule has 0 heterocycles. The monoisotopic (exact) mass is 305 g/mol. The molecular weight excluding hydrogens is 283 g/mol. The summed E-state index contributed by atoms with van der Waals surface area (Å²) in [5.74, 6) is -2.67. The minimum absolute atomic E-state index is 0. The minimum Gasteiger partial charge on any atom is -0.854 e. The fourth-order valence-electron chi connectivity index (χ4n) is 1.21. The van der Waals surface area contributed by atoms with Crippen LogP contribution in [-0.2, 0) is 23.8 Å². The van der Waals surface area contributed by atoms with Crippen molar-refractivity contribution in [3.8, 4) is 0 Å². The van der Waals surface area contributed by atoms with Gasteiger partial charge in [-0.3, -0.25) is 4.79 Å². The number of hydrogen-bond acceptors (Lipinski definition) is 7. The van der Waals surface area contributed by atoms with E-state index in [9.17, 15) is 19.8 Å². The summed E-state index contributed by atoms with van der Waals surface area (Å²) in [7, 11) is 4.30. The van der Waals surface area contributed by atoms with Gasteiger partial charge in [-0.15, -0.1) is 6.61 Å². The Labute approximate surface area is 130 Å². The smallest absolute Gasteiger partial charge is 0.854 e. The molecule has 115 valence electrons. The molecule has 0 saturated heterocycles. The van der Waals surface area contributed by atoms with Gasteiger partial charge in [-0.25, -0.2) is 0 Å². The number of carboxylic acid groups (broad SMARTS) is 1. The number of ether oxygens (including phenoxy) is 3. The van der Waals surface area contributed by atoms with E-state index in [-0.39, 0.29) is 36.2 Å². The van der Waals surface area contributed by atoms with Crippen LogP contribution in [-0.4, -0.2) is 63.0 Å². The number of carbonyl (C=O) groups is 2. The van der Waals surface area contributed by atoms with Crippen LogP contribution in [0.2, 0.25) is 0 Å². The zero-order valence-corrected chi connectivity index (χ0v) is 13.6. The zero-order valence-electron chi connectivity index (χ0n) is 12.5. The third-order valence-electron chi connectivity index (χ3n) is 2.21. The molecule has 0 aliphatic rings. The maximum atomic E-state index is 10.4. The Morgan fingerprint density at radius 3 is 1.75 bits per heavy atom. The summed E-state index contributed by atoms with van der Waals surface area (Å²) >= 11 is 0. The van der Waals surface area contributed by atoms with E-state index in [1.807, 2.05) is 6.92 Å². The Morgan fingerprint density at radius 1 is 1.10 bits per heavy atom. The normalized spacial score (nSPS) is 10.1. The van der Waals surface area contributed by atoms with Gasteiger partial charge >= 0.3 is 17.4 Å². The van der Waals surface area contributed by atoms with E-state index in [0.717, 1.165) is 0 Å². The van der Waals surface area contributed by atoms with Crippen molar-refractivity contribution >= 4 is 29.1 Å². The first-order valence-electron chi connectivity index (χ1n) is 5.86.